The smallest absolute Gasteiger partial charge is 0.120 e. The van der Waals surface area contributed by atoms with Crippen molar-refractivity contribution in [1.82, 2.24) is 24.2 Å². The van der Waals surface area contributed by atoms with Crippen LogP contribution in [0.25, 0.3) is 22.0 Å². The van der Waals surface area contributed by atoms with Crippen molar-refractivity contribution in [3.05, 3.63) is 66.4 Å². The fraction of sp³-hybridized carbons (Fsp3) is 0.360. The fourth-order valence-electron chi connectivity index (χ4n) is 4.72. The maximum absolute atomic E-state index is 5.39. The van der Waals surface area contributed by atoms with Gasteiger partial charge < -0.3 is 9.30 Å². The number of fused-ring (bicyclic) bond motifs is 1. The van der Waals surface area contributed by atoms with Crippen molar-refractivity contribution < 1.29 is 4.74 Å². The summed E-state index contributed by atoms with van der Waals surface area (Å²) in [4.78, 5) is 7.36. The molecule has 6 nitrogen and oxygen atoms in total. The van der Waals surface area contributed by atoms with E-state index in [1.807, 2.05) is 30.3 Å². The second-order valence-corrected chi connectivity index (χ2v) is 8.57. The summed E-state index contributed by atoms with van der Waals surface area (Å²) in [6.07, 6.45) is 10.5. The molecule has 6 heteroatoms. The molecule has 31 heavy (non-hydrogen) atoms. The molecule has 0 aliphatic carbocycles. The van der Waals surface area contributed by atoms with Crippen LogP contribution in [-0.4, -0.2) is 44.4 Å². The molecule has 0 atom stereocenters. The maximum atomic E-state index is 5.39. The van der Waals surface area contributed by atoms with E-state index in [0.717, 1.165) is 49.4 Å². The van der Waals surface area contributed by atoms with Crippen molar-refractivity contribution in [1.29, 1.82) is 0 Å². The first kappa shape index (κ1) is 19.8. The minimum Gasteiger partial charge on any atom is -0.497 e. The SMILES string of the molecule is COc1ccc2c(CN3CCC(c4ccc(-c5cnn(C)c5)cn4)CC3)cn(C)c2c1. The molecule has 5 rings (SSSR count). The lowest BCUT2D eigenvalue weighted by molar-refractivity contribution is 0.204. The summed E-state index contributed by atoms with van der Waals surface area (Å²) in [5.41, 5.74) is 6.06. The van der Waals surface area contributed by atoms with Gasteiger partial charge in [-0.1, -0.05) is 6.07 Å². The topological polar surface area (TPSA) is 48.1 Å². The number of benzene rings is 1. The normalized spacial score (nSPS) is 15.6. The summed E-state index contributed by atoms with van der Waals surface area (Å²) in [5, 5.41) is 5.57. The van der Waals surface area contributed by atoms with Gasteiger partial charge in [-0.3, -0.25) is 14.6 Å². The Labute approximate surface area is 183 Å². The van der Waals surface area contributed by atoms with Gasteiger partial charge in [0.1, 0.15) is 5.75 Å². The predicted molar refractivity (Wildman–Crippen MR) is 123 cm³/mol. The Morgan fingerprint density at radius 3 is 2.52 bits per heavy atom. The average molecular weight is 416 g/mol. The zero-order valence-corrected chi connectivity index (χ0v) is 18.5. The molecule has 3 aromatic heterocycles. The molecule has 0 N–H and O–H groups in total. The zero-order valence-electron chi connectivity index (χ0n) is 18.5. The molecule has 0 unspecified atom stereocenters. The Bertz CT molecular complexity index is 1180. The largest absolute Gasteiger partial charge is 0.497 e. The number of pyridine rings is 1. The third kappa shape index (κ3) is 3.95. The molecule has 0 bridgehead atoms. The van der Waals surface area contributed by atoms with Crippen LogP contribution in [0.1, 0.15) is 30.0 Å². The third-order valence-electron chi connectivity index (χ3n) is 6.50. The lowest BCUT2D eigenvalue weighted by Crippen LogP contribution is -2.32. The maximum Gasteiger partial charge on any atom is 0.120 e. The number of methoxy groups -OCH3 is 1. The van der Waals surface area contributed by atoms with Crippen molar-refractivity contribution in [3.63, 3.8) is 0 Å². The number of nitrogens with zero attached hydrogens (tertiary/aromatic N) is 5. The summed E-state index contributed by atoms with van der Waals surface area (Å²) in [6, 6.07) is 10.7. The molecule has 0 spiro atoms. The van der Waals surface area contributed by atoms with Crippen molar-refractivity contribution in [3.8, 4) is 16.9 Å². The first-order chi connectivity index (χ1) is 15.1. The van der Waals surface area contributed by atoms with Crippen molar-refractivity contribution in [2.24, 2.45) is 14.1 Å². The second kappa shape index (κ2) is 8.19. The standard InChI is InChI=1S/C25H29N5O/c1-28-15-21(23-6-5-22(31-3)12-25(23)28)17-30-10-8-18(9-11-30)24-7-4-19(13-26-24)20-14-27-29(2)16-20/h4-7,12-16,18H,8-11,17H2,1-3H3. The van der Waals surface area contributed by atoms with Gasteiger partial charge in [-0.2, -0.15) is 5.10 Å². The van der Waals surface area contributed by atoms with Gasteiger partial charge in [0.25, 0.3) is 0 Å². The molecule has 0 amide bonds. The van der Waals surface area contributed by atoms with Crippen molar-refractivity contribution in [2.75, 3.05) is 20.2 Å². The number of likely N-dealkylation sites (tertiary alicyclic amines) is 1. The number of aromatic nitrogens is 4. The van der Waals surface area contributed by atoms with Crippen molar-refractivity contribution in [2.45, 2.75) is 25.3 Å². The number of ether oxygens (including phenoxy) is 1. The number of rotatable bonds is 5. The molecule has 1 fully saturated rings. The highest BCUT2D eigenvalue weighted by molar-refractivity contribution is 5.85. The first-order valence-electron chi connectivity index (χ1n) is 10.9. The van der Waals surface area contributed by atoms with Crippen LogP contribution in [0, 0.1) is 0 Å². The van der Waals surface area contributed by atoms with Gasteiger partial charge in [0.15, 0.2) is 0 Å². The van der Waals surface area contributed by atoms with Gasteiger partial charge in [-0.25, -0.2) is 0 Å². The molecule has 1 aliphatic rings. The highest BCUT2D eigenvalue weighted by Crippen LogP contribution is 2.31. The Morgan fingerprint density at radius 2 is 1.84 bits per heavy atom. The van der Waals surface area contributed by atoms with E-state index < -0.39 is 0 Å². The average Bonchev–Trinajstić information content (AvgIpc) is 3.37. The summed E-state index contributed by atoms with van der Waals surface area (Å²) in [7, 11) is 5.77. The van der Waals surface area contributed by atoms with E-state index in [2.05, 4.69) is 58.1 Å². The van der Waals surface area contributed by atoms with Gasteiger partial charge in [-0.15, -0.1) is 0 Å². The van der Waals surface area contributed by atoms with E-state index in [1.165, 1.54) is 22.2 Å². The van der Waals surface area contributed by atoms with E-state index in [9.17, 15) is 0 Å². The van der Waals surface area contributed by atoms with Gasteiger partial charge in [0, 0.05) is 73.4 Å². The number of piperidine rings is 1. The van der Waals surface area contributed by atoms with Crippen LogP contribution >= 0.6 is 0 Å². The van der Waals surface area contributed by atoms with Gasteiger partial charge in [0.05, 0.1) is 18.8 Å². The van der Waals surface area contributed by atoms with E-state index in [-0.39, 0.29) is 0 Å². The molecule has 0 saturated carbocycles. The number of hydrogen-bond donors (Lipinski definition) is 0. The Hall–Kier alpha value is -3.12. The zero-order chi connectivity index (χ0) is 21.4. The minimum absolute atomic E-state index is 0.538. The van der Waals surface area contributed by atoms with Crippen LogP contribution < -0.4 is 4.74 Å². The lowest BCUT2D eigenvalue weighted by Gasteiger charge is -2.31. The Kier molecular flexibility index (Phi) is 5.24. The fourth-order valence-corrected chi connectivity index (χ4v) is 4.72. The lowest BCUT2D eigenvalue weighted by atomic mass is 9.92. The molecule has 4 aromatic rings. The van der Waals surface area contributed by atoms with Crippen LogP contribution in [-0.2, 0) is 20.6 Å². The number of hydrogen-bond acceptors (Lipinski definition) is 4. The minimum atomic E-state index is 0.538. The molecule has 1 aliphatic heterocycles. The Balaban J connectivity index is 1.23. The second-order valence-electron chi connectivity index (χ2n) is 8.57. The Morgan fingerprint density at radius 1 is 1.00 bits per heavy atom. The van der Waals surface area contributed by atoms with Gasteiger partial charge in [-0.05, 0) is 49.7 Å². The molecule has 160 valence electrons. The summed E-state index contributed by atoms with van der Waals surface area (Å²) < 4.78 is 9.42. The van der Waals surface area contributed by atoms with E-state index >= 15 is 0 Å². The number of aryl methyl sites for hydroxylation is 2. The monoisotopic (exact) mass is 415 g/mol. The summed E-state index contributed by atoms with van der Waals surface area (Å²) >= 11 is 0. The van der Waals surface area contributed by atoms with E-state index in [4.69, 9.17) is 9.72 Å². The third-order valence-corrected chi connectivity index (χ3v) is 6.50. The molecule has 1 aromatic carbocycles. The van der Waals surface area contributed by atoms with Crippen LogP contribution in [0.5, 0.6) is 5.75 Å². The quantitative estimate of drug-likeness (QED) is 0.486. The van der Waals surface area contributed by atoms with E-state index in [0.29, 0.717) is 5.92 Å². The summed E-state index contributed by atoms with van der Waals surface area (Å²) in [5.74, 6) is 1.44. The van der Waals surface area contributed by atoms with Gasteiger partial charge >= 0.3 is 0 Å². The highest BCUT2D eigenvalue weighted by atomic mass is 16.5. The molecular formula is C25H29N5O. The molecule has 4 heterocycles. The van der Waals surface area contributed by atoms with Gasteiger partial charge in [0.2, 0.25) is 0 Å². The van der Waals surface area contributed by atoms with Crippen LogP contribution in [0.3, 0.4) is 0 Å². The first-order valence-corrected chi connectivity index (χ1v) is 10.9. The van der Waals surface area contributed by atoms with Crippen LogP contribution in [0.4, 0.5) is 0 Å². The molecular weight excluding hydrogens is 386 g/mol. The van der Waals surface area contributed by atoms with Crippen LogP contribution in [0.15, 0.2) is 55.1 Å². The van der Waals surface area contributed by atoms with Crippen molar-refractivity contribution >= 4 is 10.9 Å². The molecule has 1 saturated heterocycles. The summed E-state index contributed by atoms with van der Waals surface area (Å²) in [6.45, 7) is 3.19. The van der Waals surface area contributed by atoms with Crippen LogP contribution in [0.2, 0.25) is 0 Å². The highest BCUT2D eigenvalue weighted by Gasteiger charge is 2.22. The van der Waals surface area contributed by atoms with E-state index in [1.54, 1.807) is 7.11 Å². The predicted octanol–water partition coefficient (Wildman–Crippen LogP) is 4.36. The molecule has 0 radical (unpaired) electrons.